The lowest BCUT2D eigenvalue weighted by Crippen LogP contribution is -1.98. The van der Waals surface area contributed by atoms with Gasteiger partial charge in [-0.25, -0.2) is 13.2 Å². The third kappa shape index (κ3) is 3.43. The monoisotopic (exact) mass is 304 g/mol. The second kappa shape index (κ2) is 5.85. The molecule has 1 atom stereocenters. The maximum atomic E-state index is 13.1. The second-order valence-corrected chi connectivity index (χ2v) is 5.02. The predicted octanol–water partition coefficient (Wildman–Crippen LogP) is 5.28. The number of benzene rings is 2. The van der Waals surface area contributed by atoms with Crippen LogP contribution in [0.3, 0.4) is 0 Å². The standard InChI is InChI=1S/C14H9Cl2F3/c15-11(10-3-2-9(17)7-12(10)16)5-8-1-4-13(18)14(19)6-8/h1-4,6-7,11H,5H2. The lowest BCUT2D eigenvalue weighted by atomic mass is 10.0. The Hall–Kier alpha value is -1.19. The minimum atomic E-state index is -0.924. The number of rotatable bonds is 3. The summed E-state index contributed by atoms with van der Waals surface area (Å²) in [7, 11) is 0. The summed E-state index contributed by atoms with van der Waals surface area (Å²) in [5, 5.41) is -0.333. The largest absolute Gasteiger partial charge is 0.207 e. The Bertz CT molecular complexity index is 599. The highest BCUT2D eigenvalue weighted by Gasteiger charge is 2.14. The van der Waals surface area contributed by atoms with E-state index in [4.69, 9.17) is 23.2 Å². The number of hydrogen-bond donors (Lipinski definition) is 0. The van der Waals surface area contributed by atoms with Crippen LogP contribution in [-0.4, -0.2) is 0 Å². The van der Waals surface area contributed by atoms with Gasteiger partial charge in [-0.15, -0.1) is 11.6 Å². The van der Waals surface area contributed by atoms with Crippen molar-refractivity contribution in [3.05, 3.63) is 70.0 Å². The molecule has 2 rings (SSSR count). The van der Waals surface area contributed by atoms with Gasteiger partial charge in [0.05, 0.1) is 5.38 Å². The summed E-state index contributed by atoms with van der Waals surface area (Å²) < 4.78 is 38.8. The van der Waals surface area contributed by atoms with Crippen molar-refractivity contribution in [1.82, 2.24) is 0 Å². The van der Waals surface area contributed by atoms with Gasteiger partial charge >= 0.3 is 0 Å². The Morgan fingerprint density at radius 3 is 2.32 bits per heavy atom. The minimum Gasteiger partial charge on any atom is -0.207 e. The van der Waals surface area contributed by atoms with E-state index >= 15 is 0 Å². The summed E-state index contributed by atoms with van der Waals surface area (Å²) in [5.41, 5.74) is 1.09. The summed E-state index contributed by atoms with van der Waals surface area (Å²) >= 11 is 12.1. The first-order chi connectivity index (χ1) is 8.97. The summed E-state index contributed by atoms with van der Waals surface area (Å²) in [6, 6.07) is 7.47. The molecule has 0 fully saturated rings. The first kappa shape index (κ1) is 14.2. The number of hydrogen-bond acceptors (Lipinski definition) is 0. The zero-order valence-electron chi connectivity index (χ0n) is 9.64. The van der Waals surface area contributed by atoms with E-state index in [1.807, 2.05) is 0 Å². The van der Waals surface area contributed by atoms with Crippen LogP contribution in [0.15, 0.2) is 36.4 Å². The molecule has 0 saturated carbocycles. The lowest BCUT2D eigenvalue weighted by Gasteiger charge is -2.12. The van der Waals surface area contributed by atoms with Crippen LogP contribution in [0.1, 0.15) is 16.5 Å². The molecule has 0 aliphatic rings. The third-order valence-electron chi connectivity index (χ3n) is 2.70. The quantitative estimate of drug-likeness (QED) is 0.677. The molecule has 0 aliphatic heterocycles. The van der Waals surface area contributed by atoms with Crippen molar-refractivity contribution in [3.8, 4) is 0 Å². The van der Waals surface area contributed by atoms with Crippen LogP contribution in [-0.2, 0) is 6.42 Å². The van der Waals surface area contributed by atoms with Gasteiger partial charge in [-0.3, -0.25) is 0 Å². The van der Waals surface area contributed by atoms with E-state index in [2.05, 4.69) is 0 Å². The van der Waals surface area contributed by atoms with E-state index in [-0.39, 0.29) is 11.4 Å². The molecule has 0 amide bonds. The fourth-order valence-electron chi connectivity index (χ4n) is 1.74. The molecule has 100 valence electrons. The molecule has 0 nitrogen and oxygen atoms in total. The summed E-state index contributed by atoms with van der Waals surface area (Å²) in [4.78, 5) is 0. The lowest BCUT2D eigenvalue weighted by molar-refractivity contribution is 0.507. The second-order valence-electron chi connectivity index (χ2n) is 4.09. The van der Waals surface area contributed by atoms with Crippen molar-refractivity contribution < 1.29 is 13.2 Å². The minimum absolute atomic E-state index is 0.211. The van der Waals surface area contributed by atoms with E-state index in [0.29, 0.717) is 11.1 Å². The maximum Gasteiger partial charge on any atom is 0.159 e. The number of alkyl halides is 1. The van der Waals surface area contributed by atoms with Gasteiger partial charge in [-0.05, 0) is 41.8 Å². The Morgan fingerprint density at radius 2 is 1.68 bits per heavy atom. The first-order valence-electron chi connectivity index (χ1n) is 5.50. The van der Waals surface area contributed by atoms with Gasteiger partial charge in [0, 0.05) is 5.02 Å². The predicted molar refractivity (Wildman–Crippen MR) is 70.1 cm³/mol. The Morgan fingerprint density at radius 1 is 0.947 bits per heavy atom. The van der Waals surface area contributed by atoms with Crippen molar-refractivity contribution >= 4 is 23.2 Å². The molecule has 0 aliphatic carbocycles. The van der Waals surface area contributed by atoms with Crippen LogP contribution >= 0.6 is 23.2 Å². The van der Waals surface area contributed by atoms with Crippen LogP contribution in [0.5, 0.6) is 0 Å². The van der Waals surface area contributed by atoms with Crippen molar-refractivity contribution in [3.63, 3.8) is 0 Å². The van der Waals surface area contributed by atoms with Crippen molar-refractivity contribution in [2.24, 2.45) is 0 Å². The molecule has 0 radical (unpaired) electrons. The highest BCUT2D eigenvalue weighted by molar-refractivity contribution is 6.32. The van der Waals surface area contributed by atoms with E-state index < -0.39 is 22.8 Å². The molecule has 0 heterocycles. The zero-order chi connectivity index (χ0) is 14.0. The van der Waals surface area contributed by atoms with Crippen molar-refractivity contribution in [1.29, 1.82) is 0 Å². The SMILES string of the molecule is Fc1ccc(C(Cl)Cc2ccc(F)c(F)c2)c(Cl)c1. The highest BCUT2D eigenvalue weighted by Crippen LogP contribution is 2.31. The van der Waals surface area contributed by atoms with Crippen LogP contribution in [0.25, 0.3) is 0 Å². The molecule has 1 unspecified atom stereocenters. The van der Waals surface area contributed by atoms with Gasteiger partial charge in [0.15, 0.2) is 11.6 Å². The van der Waals surface area contributed by atoms with E-state index in [9.17, 15) is 13.2 Å². The topological polar surface area (TPSA) is 0 Å². The van der Waals surface area contributed by atoms with Gasteiger partial charge in [-0.1, -0.05) is 23.7 Å². The van der Waals surface area contributed by atoms with Crippen LogP contribution in [0.4, 0.5) is 13.2 Å². The summed E-state index contributed by atoms with van der Waals surface area (Å²) in [6.45, 7) is 0. The Labute approximate surface area is 118 Å². The maximum absolute atomic E-state index is 13.1. The molecule has 2 aromatic carbocycles. The van der Waals surface area contributed by atoms with E-state index in [0.717, 1.165) is 18.2 Å². The van der Waals surface area contributed by atoms with Gasteiger partial charge in [0.1, 0.15) is 5.82 Å². The molecule has 5 heteroatoms. The molecule has 0 saturated heterocycles. The molecule has 0 bridgehead atoms. The Kier molecular flexibility index (Phi) is 4.38. The molecule has 2 aromatic rings. The van der Waals surface area contributed by atoms with E-state index in [1.165, 1.54) is 18.2 Å². The molecule has 0 aromatic heterocycles. The summed E-state index contributed by atoms with van der Waals surface area (Å²) in [5.74, 6) is -2.29. The van der Waals surface area contributed by atoms with Gasteiger partial charge in [-0.2, -0.15) is 0 Å². The third-order valence-corrected chi connectivity index (χ3v) is 3.42. The van der Waals surface area contributed by atoms with Crippen LogP contribution < -0.4 is 0 Å². The van der Waals surface area contributed by atoms with Crippen LogP contribution in [0, 0.1) is 17.5 Å². The molecular formula is C14H9Cl2F3. The van der Waals surface area contributed by atoms with Crippen molar-refractivity contribution in [2.75, 3.05) is 0 Å². The summed E-state index contributed by atoms with van der Waals surface area (Å²) in [6.07, 6.45) is 0.268. The van der Waals surface area contributed by atoms with Gasteiger partial charge in [0.25, 0.3) is 0 Å². The fraction of sp³-hybridized carbons (Fsp3) is 0.143. The molecule has 19 heavy (non-hydrogen) atoms. The van der Waals surface area contributed by atoms with Crippen molar-refractivity contribution in [2.45, 2.75) is 11.8 Å². The average Bonchev–Trinajstić information content (AvgIpc) is 2.33. The molecule has 0 N–H and O–H groups in total. The van der Waals surface area contributed by atoms with Crippen LogP contribution in [0.2, 0.25) is 5.02 Å². The smallest absolute Gasteiger partial charge is 0.159 e. The highest BCUT2D eigenvalue weighted by atomic mass is 35.5. The van der Waals surface area contributed by atoms with Gasteiger partial charge < -0.3 is 0 Å². The average molecular weight is 305 g/mol. The molecule has 0 spiro atoms. The normalized spacial score (nSPS) is 12.5. The Balaban J connectivity index is 2.20. The number of halogens is 5. The molecular weight excluding hydrogens is 296 g/mol. The fourth-order valence-corrected chi connectivity index (χ4v) is 2.46. The van der Waals surface area contributed by atoms with E-state index in [1.54, 1.807) is 0 Å². The first-order valence-corrected chi connectivity index (χ1v) is 6.32. The zero-order valence-corrected chi connectivity index (χ0v) is 11.2. The van der Waals surface area contributed by atoms with Gasteiger partial charge in [0.2, 0.25) is 0 Å².